The molecule has 0 N–H and O–H groups in total. The molecule has 3 nitrogen and oxygen atoms in total. The van der Waals surface area contributed by atoms with Gasteiger partial charge in [0.15, 0.2) is 0 Å². The van der Waals surface area contributed by atoms with E-state index in [0.717, 1.165) is 12.1 Å². The minimum Gasteiger partial charge on any atom is -0.207 e. The van der Waals surface area contributed by atoms with Crippen LogP contribution in [0.25, 0.3) is 0 Å². The van der Waals surface area contributed by atoms with E-state index in [-0.39, 0.29) is 5.56 Å². The van der Waals surface area contributed by atoms with Gasteiger partial charge in [0, 0.05) is 15.6 Å². The quantitative estimate of drug-likeness (QED) is 0.620. The van der Waals surface area contributed by atoms with Crippen molar-refractivity contribution in [1.82, 2.24) is 0 Å². The molecule has 0 atom stereocenters. The molecule has 1 aromatic carbocycles. The second-order valence-electron chi connectivity index (χ2n) is 3.23. The Bertz CT molecular complexity index is 620. The van der Waals surface area contributed by atoms with Crippen molar-refractivity contribution >= 4 is 31.5 Å². The fourth-order valence-electron chi connectivity index (χ4n) is 1.23. The van der Waals surface area contributed by atoms with E-state index in [1.807, 2.05) is 0 Å². The minimum atomic E-state index is -4.62. The van der Waals surface area contributed by atoms with E-state index in [0.29, 0.717) is 0 Å². The molecule has 0 heterocycles. The largest absolute Gasteiger partial charge is 0.446 e. The lowest BCUT2D eigenvalue weighted by molar-refractivity contribution is -0.0328. The summed E-state index contributed by atoms with van der Waals surface area (Å²) in [5.41, 5.74) is -4.95. The molecular formula is C9H5ClF3NO2S2. The molecule has 18 heavy (non-hydrogen) atoms. The first kappa shape index (κ1) is 15.1. The maximum Gasteiger partial charge on any atom is 0.446 e. The lowest BCUT2D eigenvalue weighted by Crippen LogP contribution is -2.04. The van der Waals surface area contributed by atoms with E-state index >= 15 is 0 Å². The summed E-state index contributed by atoms with van der Waals surface area (Å²) in [6.45, 7) is 1.41. The van der Waals surface area contributed by atoms with Crippen LogP contribution in [0.15, 0.2) is 21.9 Å². The smallest absolute Gasteiger partial charge is 0.207 e. The lowest BCUT2D eigenvalue weighted by Gasteiger charge is -2.10. The minimum absolute atomic E-state index is 0.264. The van der Waals surface area contributed by atoms with Crippen LogP contribution in [0.3, 0.4) is 0 Å². The van der Waals surface area contributed by atoms with Crippen LogP contribution in [0.2, 0.25) is 0 Å². The van der Waals surface area contributed by atoms with Crippen LogP contribution < -0.4 is 0 Å². The summed E-state index contributed by atoms with van der Waals surface area (Å²) >= 11 is -0.549. The van der Waals surface area contributed by atoms with Crippen LogP contribution in [0.1, 0.15) is 11.1 Å². The Balaban J connectivity index is 3.55. The number of alkyl halides is 3. The highest BCUT2D eigenvalue weighted by molar-refractivity contribution is 8.13. The Morgan fingerprint density at radius 1 is 1.39 bits per heavy atom. The van der Waals surface area contributed by atoms with Gasteiger partial charge in [-0.2, -0.15) is 18.4 Å². The number of aryl methyl sites for hydroxylation is 1. The van der Waals surface area contributed by atoms with Crippen LogP contribution in [0.4, 0.5) is 13.2 Å². The maximum absolute atomic E-state index is 12.3. The first-order valence-electron chi connectivity index (χ1n) is 4.30. The third kappa shape index (κ3) is 3.80. The number of thioether (sulfide) groups is 1. The molecule has 1 aromatic rings. The number of hydrogen-bond donors (Lipinski definition) is 0. The average molecular weight is 316 g/mol. The highest BCUT2D eigenvalue weighted by atomic mass is 35.7. The molecule has 9 heteroatoms. The molecule has 0 saturated carbocycles. The summed E-state index contributed by atoms with van der Waals surface area (Å²) < 4.78 is 59.3. The van der Waals surface area contributed by atoms with Gasteiger partial charge in [0.1, 0.15) is 11.0 Å². The molecule has 1 rings (SSSR count). The van der Waals surface area contributed by atoms with Crippen molar-refractivity contribution in [3.63, 3.8) is 0 Å². The Morgan fingerprint density at radius 2 is 1.94 bits per heavy atom. The van der Waals surface area contributed by atoms with E-state index in [1.54, 1.807) is 0 Å². The number of rotatable bonds is 2. The zero-order valence-electron chi connectivity index (χ0n) is 8.75. The number of nitriles is 1. The van der Waals surface area contributed by atoms with E-state index < -0.39 is 41.7 Å². The molecule has 0 radical (unpaired) electrons. The average Bonchev–Trinajstić information content (AvgIpc) is 2.12. The molecule has 0 unspecified atom stereocenters. The van der Waals surface area contributed by atoms with Crippen LogP contribution in [0, 0.1) is 18.3 Å². The second kappa shape index (κ2) is 4.99. The first-order chi connectivity index (χ1) is 8.04. The Labute approximate surface area is 110 Å². The van der Waals surface area contributed by atoms with E-state index in [1.165, 1.54) is 13.0 Å². The van der Waals surface area contributed by atoms with Crippen molar-refractivity contribution in [3.05, 3.63) is 23.3 Å². The van der Waals surface area contributed by atoms with Gasteiger partial charge in [0.05, 0.1) is 5.56 Å². The van der Waals surface area contributed by atoms with E-state index in [9.17, 15) is 21.6 Å². The fourth-order valence-corrected chi connectivity index (χ4v) is 3.14. The van der Waals surface area contributed by atoms with Gasteiger partial charge >= 0.3 is 5.51 Å². The normalized spacial score (nSPS) is 12.2. The Morgan fingerprint density at radius 3 is 2.33 bits per heavy atom. The van der Waals surface area contributed by atoms with Crippen molar-refractivity contribution in [2.75, 3.05) is 0 Å². The highest BCUT2D eigenvalue weighted by Crippen LogP contribution is 2.40. The van der Waals surface area contributed by atoms with Crippen molar-refractivity contribution in [2.24, 2.45) is 0 Å². The SMILES string of the molecule is Cc1cc(SC(F)(F)F)c(C#N)c(S(=O)(=O)Cl)c1. The lowest BCUT2D eigenvalue weighted by atomic mass is 10.2. The third-order valence-corrected chi connectivity index (χ3v) is 3.93. The highest BCUT2D eigenvalue weighted by Gasteiger charge is 2.32. The Kier molecular flexibility index (Phi) is 4.20. The molecule has 0 spiro atoms. The summed E-state index contributed by atoms with van der Waals surface area (Å²) in [7, 11) is 0.811. The van der Waals surface area contributed by atoms with Crippen LogP contribution >= 0.6 is 22.4 Å². The van der Waals surface area contributed by atoms with Gasteiger partial charge in [-0.3, -0.25) is 0 Å². The number of nitrogens with zero attached hydrogens (tertiary/aromatic N) is 1. The van der Waals surface area contributed by atoms with Crippen LogP contribution in [-0.4, -0.2) is 13.9 Å². The van der Waals surface area contributed by atoms with Gasteiger partial charge in [0.25, 0.3) is 9.05 Å². The topological polar surface area (TPSA) is 57.9 Å². The summed E-state index contributed by atoms with van der Waals surface area (Å²) in [5, 5.41) is 8.80. The van der Waals surface area contributed by atoms with Gasteiger partial charge in [-0.1, -0.05) is 0 Å². The second-order valence-corrected chi connectivity index (χ2v) is 6.87. The summed E-state index contributed by atoms with van der Waals surface area (Å²) in [6.07, 6.45) is 0. The van der Waals surface area contributed by atoms with Gasteiger partial charge in [-0.05, 0) is 36.4 Å². The number of hydrogen-bond acceptors (Lipinski definition) is 4. The van der Waals surface area contributed by atoms with Crippen molar-refractivity contribution < 1.29 is 21.6 Å². The number of halogens is 4. The molecule has 0 bridgehead atoms. The zero-order chi connectivity index (χ0) is 14.1. The first-order valence-corrected chi connectivity index (χ1v) is 7.42. The number of benzene rings is 1. The molecule has 0 fully saturated rings. The third-order valence-electron chi connectivity index (χ3n) is 1.81. The predicted octanol–water partition coefficient (Wildman–Crippen LogP) is 3.41. The summed E-state index contributed by atoms with van der Waals surface area (Å²) in [4.78, 5) is -1.09. The summed E-state index contributed by atoms with van der Waals surface area (Å²) in [6, 6.07) is 3.58. The van der Waals surface area contributed by atoms with Crippen LogP contribution in [-0.2, 0) is 9.05 Å². The van der Waals surface area contributed by atoms with E-state index in [4.69, 9.17) is 15.9 Å². The van der Waals surface area contributed by atoms with Crippen molar-refractivity contribution in [3.8, 4) is 6.07 Å². The molecule has 98 valence electrons. The molecule has 0 aliphatic rings. The monoisotopic (exact) mass is 315 g/mol. The van der Waals surface area contributed by atoms with Gasteiger partial charge in [0.2, 0.25) is 0 Å². The van der Waals surface area contributed by atoms with Crippen molar-refractivity contribution in [2.45, 2.75) is 22.2 Å². The zero-order valence-corrected chi connectivity index (χ0v) is 11.1. The summed E-state index contributed by atoms with van der Waals surface area (Å²) in [5.74, 6) is 0. The standard InChI is InChI=1S/C9H5ClF3NO2S2/c1-5-2-7(17-9(11,12)13)6(4-14)8(3-5)18(10,15)16/h2-3H,1H3. The van der Waals surface area contributed by atoms with Gasteiger partial charge in [-0.25, -0.2) is 8.42 Å². The van der Waals surface area contributed by atoms with Gasteiger partial charge in [-0.15, -0.1) is 0 Å². The predicted molar refractivity (Wildman–Crippen MR) is 60.8 cm³/mol. The maximum atomic E-state index is 12.3. The Hall–Kier alpha value is -0.910. The molecule has 0 aliphatic heterocycles. The molecule has 0 aromatic heterocycles. The van der Waals surface area contributed by atoms with Gasteiger partial charge < -0.3 is 0 Å². The molecule has 0 amide bonds. The molecule has 0 aliphatic carbocycles. The fraction of sp³-hybridized carbons (Fsp3) is 0.222. The van der Waals surface area contributed by atoms with Crippen LogP contribution in [0.5, 0.6) is 0 Å². The van der Waals surface area contributed by atoms with Crippen molar-refractivity contribution in [1.29, 1.82) is 5.26 Å². The van der Waals surface area contributed by atoms with E-state index in [2.05, 4.69) is 0 Å². The molecule has 0 saturated heterocycles. The molecular weight excluding hydrogens is 311 g/mol.